The molecule has 1 aromatic carbocycles. The van der Waals surface area contributed by atoms with Gasteiger partial charge in [-0.1, -0.05) is 6.07 Å². The Kier molecular flexibility index (Phi) is 2.95. The Balaban J connectivity index is 2.05. The Morgan fingerprint density at radius 3 is 3.14 bits per heavy atom. The average Bonchev–Trinajstić information content (AvgIpc) is 2.71. The third kappa shape index (κ3) is 2.21. The summed E-state index contributed by atoms with van der Waals surface area (Å²) in [6.45, 7) is 0. The monoisotopic (exact) mass is 204 g/mol. The maximum Gasteiger partial charge on any atom is 0.0992 e. The lowest BCUT2D eigenvalue weighted by Gasteiger charge is -2.12. The van der Waals surface area contributed by atoms with Crippen LogP contribution in [0.4, 0.5) is 5.69 Å². The first-order chi connectivity index (χ1) is 6.88. The summed E-state index contributed by atoms with van der Waals surface area (Å²) in [6, 6.07) is 10.4. The molecule has 72 valence electrons. The molecule has 0 saturated carbocycles. The molecule has 0 aromatic heterocycles. The topological polar surface area (TPSA) is 35.8 Å². The van der Waals surface area contributed by atoms with Gasteiger partial charge >= 0.3 is 0 Å². The molecule has 1 heterocycles. The van der Waals surface area contributed by atoms with Gasteiger partial charge in [-0.2, -0.15) is 17.0 Å². The molecule has 0 unspecified atom stereocenters. The fraction of sp³-hybridized carbons (Fsp3) is 0.364. The van der Waals surface area contributed by atoms with Gasteiger partial charge in [0.15, 0.2) is 0 Å². The lowest BCUT2D eigenvalue weighted by molar-refractivity contribution is 0.813. The van der Waals surface area contributed by atoms with Crippen molar-refractivity contribution in [2.45, 2.75) is 12.5 Å². The molecule has 2 nitrogen and oxygen atoms in total. The molecule has 1 aliphatic heterocycles. The van der Waals surface area contributed by atoms with E-state index in [0.717, 1.165) is 11.3 Å². The van der Waals surface area contributed by atoms with Crippen molar-refractivity contribution in [3.8, 4) is 6.07 Å². The Morgan fingerprint density at radius 2 is 2.43 bits per heavy atom. The van der Waals surface area contributed by atoms with Crippen LogP contribution in [0.3, 0.4) is 0 Å². The second-order valence-electron chi connectivity index (χ2n) is 3.40. The fourth-order valence-electron chi connectivity index (χ4n) is 1.56. The lowest BCUT2D eigenvalue weighted by atomic mass is 10.2. The maximum absolute atomic E-state index is 8.74. The minimum Gasteiger partial charge on any atom is -0.381 e. The summed E-state index contributed by atoms with van der Waals surface area (Å²) < 4.78 is 0. The molecule has 0 amide bonds. The molecule has 1 fully saturated rings. The van der Waals surface area contributed by atoms with E-state index in [-0.39, 0.29) is 0 Å². The zero-order valence-corrected chi connectivity index (χ0v) is 8.68. The predicted molar refractivity (Wildman–Crippen MR) is 60.5 cm³/mol. The number of hydrogen-bond donors (Lipinski definition) is 1. The van der Waals surface area contributed by atoms with Crippen LogP contribution in [-0.2, 0) is 0 Å². The van der Waals surface area contributed by atoms with Crippen LogP contribution in [0, 0.1) is 11.3 Å². The number of nitrogens with one attached hydrogen (secondary N) is 1. The van der Waals surface area contributed by atoms with Crippen LogP contribution in [0.5, 0.6) is 0 Å². The number of rotatable bonds is 2. The Bertz CT molecular complexity index is 351. The van der Waals surface area contributed by atoms with Gasteiger partial charge in [-0.25, -0.2) is 0 Å². The smallest absolute Gasteiger partial charge is 0.0992 e. The highest BCUT2D eigenvalue weighted by molar-refractivity contribution is 7.99. The molecule has 1 atom stereocenters. The van der Waals surface area contributed by atoms with Crippen LogP contribution in [0.2, 0.25) is 0 Å². The summed E-state index contributed by atoms with van der Waals surface area (Å²) in [7, 11) is 0. The number of anilines is 1. The SMILES string of the molecule is N#Cc1cccc(N[C@H]2CCSC2)c1. The molecule has 1 aromatic rings. The van der Waals surface area contributed by atoms with Crippen molar-refractivity contribution in [3.05, 3.63) is 29.8 Å². The van der Waals surface area contributed by atoms with Crippen molar-refractivity contribution in [1.29, 1.82) is 5.26 Å². The van der Waals surface area contributed by atoms with Crippen LogP contribution in [0.1, 0.15) is 12.0 Å². The molecule has 14 heavy (non-hydrogen) atoms. The number of nitrogens with zero attached hydrogens (tertiary/aromatic N) is 1. The van der Waals surface area contributed by atoms with Gasteiger partial charge < -0.3 is 5.32 Å². The first-order valence-electron chi connectivity index (χ1n) is 4.73. The van der Waals surface area contributed by atoms with Crippen LogP contribution in [0.25, 0.3) is 0 Å². The summed E-state index contributed by atoms with van der Waals surface area (Å²) in [5, 5.41) is 12.2. The summed E-state index contributed by atoms with van der Waals surface area (Å²) in [5.41, 5.74) is 1.79. The van der Waals surface area contributed by atoms with E-state index in [1.165, 1.54) is 17.9 Å². The molecule has 1 saturated heterocycles. The van der Waals surface area contributed by atoms with E-state index in [9.17, 15) is 0 Å². The first-order valence-corrected chi connectivity index (χ1v) is 5.88. The largest absolute Gasteiger partial charge is 0.381 e. The minimum atomic E-state index is 0.578. The zero-order valence-electron chi connectivity index (χ0n) is 7.86. The number of thioether (sulfide) groups is 1. The van der Waals surface area contributed by atoms with Gasteiger partial charge in [0.1, 0.15) is 0 Å². The van der Waals surface area contributed by atoms with Crippen molar-refractivity contribution < 1.29 is 0 Å². The van der Waals surface area contributed by atoms with E-state index in [1.807, 2.05) is 36.0 Å². The molecular formula is C11H12N2S. The van der Waals surface area contributed by atoms with Crippen molar-refractivity contribution in [3.63, 3.8) is 0 Å². The van der Waals surface area contributed by atoms with Crippen molar-refractivity contribution >= 4 is 17.4 Å². The van der Waals surface area contributed by atoms with Gasteiger partial charge in [-0.05, 0) is 30.4 Å². The van der Waals surface area contributed by atoms with Crippen molar-refractivity contribution in [2.75, 3.05) is 16.8 Å². The maximum atomic E-state index is 8.74. The third-order valence-electron chi connectivity index (χ3n) is 2.29. The molecule has 0 spiro atoms. The standard InChI is InChI=1S/C11H12N2S/c12-7-9-2-1-3-10(6-9)13-11-4-5-14-8-11/h1-3,6,11,13H,4-5,8H2/t11-/m0/s1. The van der Waals surface area contributed by atoms with Crippen molar-refractivity contribution in [2.24, 2.45) is 0 Å². The van der Waals surface area contributed by atoms with Crippen LogP contribution in [-0.4, -0.2) is 17.5 Å². The third-order valence-corrected chi connectivity index (χ3v) is 3.45. The van der Waals surface area contributed by atoms with Gasteiger partial charge in [0.2, 0.25) is 0 Å². The quantitative estimate of drug-likeness (QED) is 0.804. The molecule has 3 heteroatoms. The van der Waals surface area contributed by atoms with E-state index in [2.05, 4.69) is 11.4 Å². The highest BCUT2D eigenvalue weighted by atomic mass is 32.2. The molecular weight excluding hydrogens is 192 g/mol. The number of nitriles is 1. The van der Waals surface area contributed by atoms with Gasteiger partial charge in [0.25, 0.3) is 0 Å². The number of benzene rings is 1. The molecule has 1 aliphatic rings. The first kappa shape index (κ1) is 9.42. The highest BCUT2D eigenvalue weighted by Gasteiger charge is 2.14. The van der Waals surface area contributed by atoms with Crippen molar-refractivity contribution in [1.82, 2.24) is 0 Å². The second-order valence-corrected chi connectivity index (χ2v) is 4.55. The normalized spacial score (nSPS) is 20.4. The zero-order chi connectivity index (χ0) is 9.80. The average molecular weight is 204 g/mol. The van der Waals surface area contributed by atoms with Gasteiger partial charge in [-0.15, -0.1) is 0 Å². The predicted octanol–water partition coefficient (Wildman–Crippen LogP) is 2.48. The summed E-state index contributed by atoms with van der Waals surface area (Å²) in [6.07, 6.45) is 1.22. The van der Waals surface area contributed by atoms with E-state index in [0.29, 0.717) is 6.04 Å². The molecule has 0 radical (unpaired) electrons. The molecule has 2 rings (SSSR count). The van der Waals surface area contributed by atoms with Gasteiger partial charge in [0.05, 0.1) is 11.6 Å². The van der Waals surface area contributed by atoms with Gasteiger partial charge in [0, 0.05) is 17.5 Å². The Hall–Kier alpha value is -1.14. The van der Waals surface area contributed by atoms with Crippen LogP contribution in [0.15, 0.2) is 24.3 Å². The molecule has 0 bridgehead atoms. The summed E-state index contributed by atoms with van der Waals surface area (Å²) in [4.78, 5) is 0. The van der Waals surface area contributed by atoms with E-state index < -0.39 is 0 Å². The molecule has 0 aliphatic carbocycles. The molecule has 1 N–H and O–H groups in total. The number of hydrogen-bond acceptors (Lipinski definition) is 3. The second kappa shape index (κ2) is 4.39. The van der Waals surface area contributed by atoms with Crippen LogP contribution < -0.4 is 5.32 Å². The van der Waals surface area contributed by atoms with E-state index in [4.69, 9.17) is 5.26 Å². The van der Waals surface area contributed by atoms with E-state index >= 15 is 0 Å². The van der Waals surface area contributed by atoms with Gasteiger partial charge in [-0.3, -0.25) is 0 Å². The summed E-state index contributed by atoms with van der Waals surface area (Å²) in [5.74, 6) is 2.42. The summed E-state index contributed by atoms with van der Waals surface area (Å²) >= 11 is 1.98. The van der Waals surface area contributed by atoms with E-state index in [1.54, 1.807) is 0 Å². The minimum absolute atomic E-state index is 0.578. The fourth-order valence-corrected chi connectivity index (χ4v) is 2.71. The Morgan fingerprint density at radius 1 is 1.50 bits per heavy atom. The van der Waals surface area contributed by atoms with Crippen LogP contribution >= 0.6 is 11.8 Å². The Labute approximate surface area is 88.3 Å². The lowest BCUT2D eigenvalue weighted by Crippen LogP contribution is -2.17. The highest BCUT2D eigenvalue weighted by Crippen LogP contribution is 2.21.